The summed E-state index contributed by atoms with van der Waals surface area (Å²) >= 11 is 0. The third kappa shape index (κ3) is 2.64. The van der Waals surface area contributed by atoms with E-state index in [9.17, 15) is 5.11 Å². The van der Waals surface area contributed by atoms with Crippen molar-refractivity contribution in [1.29, 1.82) is 0 Å². The first-order chi connectivity index (χ1) is 8.95. The Morgan fingerprint density at radius 2 is 1.63 bits per heavy atom. The highest BCUT2D eigenvalue weighted by atomic mass is 16.5. The molecule has 1 N–H and O–H groups in total. The van der Waals surface area contributed by atoms with Gasteiger partial charge in [-0.1, -0.05) is 35.9 Å². The average Bonchev–Trinajstić information content (AvgIpc) is 2.41. The van der Waals surface area contributed by atoms with Gasteiger partial charge in [-0.3, -0.25) is 0 Å². The highest BCUT2D eigenvalue weighted by Gasteiger charge is 2.27. The SMILES string of the molecule is COc1ccc(C(C)(O)c2cc(C)ccc2C)cc1. The van der Waals surface area contributed by atoms with E-state index in [0.29, 0.717) is 0 Å². The summed E-state index contributed by atoms with van der Waals surface area (Å²) in [5.41, 5.74) is 3.04. The first kappa shape index (κ1) is 13.6. The van der Waals surface area contributed by atoms with Crippen LogP contribution in [0, 0.1) is 13.8 Å². The fourth-order valence-corrected chi connectivity index (χ4v) is 2.33. The predicted octanol–water partition coefficient (Wildman–Crippen LogP) is 3.57. The molecule has 0 aromatic heterocycles. The molecule has 0 bridgehead atoms. The second-order valence-corrected chi connectivity index (χ2v) is 5.12. The molecule has 100 valence electrons. The van der Waals surface area contributed by atoms with Crippen LogP contribution in [-0.4, -0.2) is 12.2 Å². The summed E-state index contributed by atoms with van der Waals surface area (Å²) in [5.74, 6) is 0.792. The summed E-state index contributed by atoms with van der Waals surface area (Å²) in [6.45, 7) is 5.89. The standard InChI is InChI=1S/C17H20O2/c1-12-5-6-13(2)16(11-12)17(3,18)14-7-9-15(19-4)10-8-14/h5-11,18H,1-4H3. The van der Waals surface area contributed by atoms with E-state index in [1.807, 2.05) is 57.2 Å². The molecule has 0 aliphatic carbocycles. The Morgan fingerprint density at radius 1 is 1.00 bits per heavy atom. The van der Waals surface area contributed by atoms with Crippen LogP contribution in [0.25, 0.3) is 0 Å². The minimum atomic E-state index is -0.998. The van der Waals surface area contributed by atoms with Gasteiger partial charge < -0.3 is 9.84 Å². The van der Waals surface area contributed by atoms with E-state index >= 15 is 0 Å². The molecule has 2 rings (SSSR count). The van der Waals surface area contributed by atoms with Gasteiger partial charge in [0.05, 0.1) is 7.11 Å². The van der Waals surface area contributed by atoms with Crippen molar-refractivity contribution in [3.05, 3.63) is 64.7 Å². The number of hydrogen-bond donors (Lipinski definition) is 1. The molecular formula is C17H20O2. The van der Waals surface area contributed by atoms with Crippen molar-refractivity contribution in [2.24, 2.45) is 0 Å². The van der Waals surface area contributed by atoms with Gasteiger partial charge in [0.1, 0.15) is 11.4 Å². The lowest BCUT2D eigenvalue weighted by Crippen LogP contribution is -2.24. The second-order valence-electron chi connectivity index (χ2n) is 5.12. The maximum atomic E-state index is 10.9. The quantitative estimate of drug-likeness (QED) is 0.909. The van der Waals surface area contributed by atoms with Gasteiger partial charge in [0.25, 0.3) is 0 Å². The molecule has 0 saturated heterocycles. The number of aryl methyl sites for hydroxylation is 2. The fourth-order valence-electron chi connectivity index (χ4n) is 2.33. The van der Waals surface area contributed by atoms with Crippen LogP contribution >= 0.6 is 0 Å². The molecule has 0 heterocycles. The van der Waals surface area contributed by atoms with E-state index in [1.54, 1.807) is 7.11 Å². The normalized spacial score (nSPS) is 13.9. The first-order valence-corrected chi connectivity index (χ1v) is 6.40. The minimum Gasteiger partial charge on any atom is -0.497 e. The zero-order chi connectivity index (χ0) is 14.0. The van der Waals surface area contributed by atoms with Gasteiger partial charge in [-0.05, 0) is 49.6 Å². The van der Waals surface area contributed by atoms with Crippen LogP contribution in [-0.2, 0) is 5.60 Å². The Hall–Kier alpha value is -1.80. The summed E-state index contributed by atoms with van der Waals surface area (Å²) in [7, 11) is 1.64. The third-order valence-corrected chi connectivity index (χ3v) is 3.57. The number of aliphatic hydroxyl groups is 1. The van der Waals surface area contributed by atoms with Crippen molar-refractivity contribution in [3.8, 4) is 5.75 Å². The zero-order valence-corrected chi connectivity index (χ0v) is 11.9. The van der Waals surface area contributed by atoms with Crippen molar-refractivity contribution in [3.63, 3.8) is 0 Å². The van der Waals surface area contributed by atoms with Crippen LogP contribution in [0.15, 0.2) is 42.5 Å². The lowest BCUT2D eigenvalue weighted by molar-refractivity contribution is 0.101. The maximum Gasteiger partial charge on any atom is 0.118 e. The molecular weight excluding hydrogens is 236 g/mol. The molecule has 1 atom stereocenters. The molecule has 0 radical (unpaired) electrons. The van der Waals surface area contributed by atoms with Crippen LogP contribution in [0.2, 0.25) is 0 Å². The summed E-state index contributed by atoms with van der Waals surface area (Å²) in [4.78, 5) is 0. The molecule has 0 spiro atoms. The van der Waals surface area contributed by atoms with Crippen LogP contribution in [0.3, 0.4) is 0 Å². The fraction of sp³-hybridized carbons (Fsp3) is 0.294. The van der Waals surface area contributed by atoms with Crippen molar-refractivity contribution in [2.75, 3.05) is 7.11 Å². The van der Waals surface area contributed by atoms with Crippen molar-refractivity contribution in [2.45, 2.75) is 26.4 Å². The van der Waals surface area contributed by atoms with Gasteiger partial charge in [0.2, 0.25) is 0 Å². The molecule has 2 heteroatoms. The van der Waals surface area contributed by atoms with E-state index < -0.39 is 5.60 Å². The highest BCUT2D eigenvalue weighted by molar-refractivity contribution is 5.43. The van der Waals surface area contributed by atoms with E-state index in [0.717, 1.165) is 28.0 Å². The largest absolute Gasteiger partial charge is 0.497 e. The lowest BCUT2D eigenvalue weighted by Gasteiger charge is -2.27. The highest BCUT2D eigenvalue weighted by Crippen LogP contribution is 2.32. The number of hydrogen-bond acceptors (Lipinski definition) is 2. The molecule has 0 aliphatic heterocycles. The Morgan fingerprint density at radius 3 is 2.21 bits per heavy atom. The lowest BCUT2D eigenvalue weighted by atomic mass is 9.85. The van der Waals surface area contributed by atoms with Crippen molar-refractivity contribution in [1.82, 2.24) is 0 Å². The Kier molecular flexibility index (Phi) is 3.63. The predicted molar refractivity (Wildman–Crippen MR) is 77.6 cm³/mol. The molecule has 0 saturated carbocycles. The molecule has 19 heavy (non-hydrogen) atoms. The van der Waals surface area contributed by atoms with E-state index in [-0.39, 0.29) is 0 Å². The van der Waals surface area contributed by atoms with Gasteiger partial charge >= 0.3 is 0 Å². The molecule has 1 unspecified atom stereocenters. The van der Waals surface area contributed by atoms with Gasteiger partial charge in [-0.15, -0.1) is 0 Å². The molecule has 0 aliphatic rings. The molecule has 0 amide bonds. The second kappa shape index (κ2) is 5.06. The number of methoxy groups -OCH3 is 1. The van der Waals surface area contributed by atoms with Gasteiger partial charge in [0.15, 0.2) is 0 Å². The van der Waals surface area contributed by atoms with Crippen LogP contribution in [0.4, 0.5) is 0 Å². The molecule has 2 aromatic rings. The Balaban J connectivity index is 2.48. The van der Waals surface area contributed by atoms with Gasteiger partial charge in [-0.25, -0.2) is 0 Å². The number of rotatable bonds is 3. The minimum absolute atomic E-state index is 0.792. The van der Waals surface area contributed by atoms with E-state index in [1.165, 1.54) is 0 Å². The van der Waals surface area contributed by atoms with Gasteiger partial charge in [0, 0.05) is 0 Å². The summed E-state index contributed by atoms with van der Waals surface area (Å²) < 4.78 is 5.15. The molecule has 0 fully saturated rings. The molecule has 2 nitrogen and oxygen atoms in total. The maximum absolute atomic E-state index is 10.9. The Labute approximate surface area is 114 Å². The summed E-state index contributed by atoms with van der Waals surface area (Å²) in [6.07, 6.45) is 0. The number of benzene rings is 2. The van der Waals surface area contributed by atoms with Crippen LogP contribution in [0.5, 0.6) is 5.75 Å². The number of ether oxygens (including phenoxy) is 1. The topological polar surface area (TPSA) is 29.5 Å². The van der Waals surface area contributed by atoms with Crippen molar-refractivity contribution >= 4 is 0 Å². The summed E-state index contributed by atoms with van der Waals surface area (Å²) in [6, 6.07) is 13.7. The molecule has 2 aromatic carbocycles. The Bertz CT molecular complexity index is 568. The first-order valence-electron chi connectivity index (χ1n) is 6.40. The van der Waals surface area contributed by atoms with Crippen molar-refractivity contribution < 1.29 is 9.84 Å². The van der Waals surface area contributed by atoms with E-state index in [4.69, 9.17) is 4.74 Å². The smallest absolute Gasteiger partial charge is 0.118 e. The van der Waals surface area contributed by atoms with Crippen LogP contribution in [0.1, 0.15) is 29.2 Å². The van der Waals surface area contributed by atoms with Crippen LogP contribution < -0.4 is 4.74 Å². The average molecular weight is 256 g/mol. The zero-order valence-electron chi connectivity index (χ0n) is 11.9. The monoisotopic (exact) mass is 256 g/mol. The van der Waals surface area contributed by atoms with Gasteiger partial charge in [-0.2, -0.15) is 0 Å². The summed E-state index contributed by atoms with van der Waals surface area (Å²) in [5, 5.41) is 10.9. The third-order valence-electron chi connectivity index (χ3n) is 3.57. The van der Waals surface area contributed by atoms with E-state index in [2.05, 4.69) is 6.07 Å².